The lowest BCUT2D eigenvalue weighted by Gasteiger charge is -2.16. The van der Waals surface area contributed by atoms with Gasteiger partial charge in [0.25, 0.3) is 0 Å². The first-order valence-corrected chi connectivity index (χ1v) is 5.22. The number of rotatable bonds is 1. The van der Waals surface area contributed by atoms with Gasteiger partial charge in [0.15, 0.2) is 5.75 Å². The Kier molecular flexibility index (Phi) is 2.89. The van der Waals surface area contributed by atoms with Crippen LogP contribution in [0.2, 0.25) is 0 Å². The summed E-state index contributed by atoms with van der Waals surface area (Å²) >= 11 is 2.24. The Morgan fingerprint density at radius 3 is 2.23 bits per heavy atom. The molecule has 0 bridgehead atoms. The average molecular weight is 294 g/mol. The fourth-order valence-corrected chi connectivity index (χ4v) is 1.74. The van der Waals surface area contributed by atoms with E-state index in [9.17, 15) is 0 Å². The minimum atomic E-state index is 0.0343. The zero-order chi connectivity index (χ0) is 10.2. The predicted molar refractivity (Wildman–Crippen MR) is 61.2 cm³/mol. The molecule has 1 aromatic heterocycles. The van der Waals surface area contributed by atoms with Crippen LogP contribution in [-0.4, -0.2) is 16.9 Å². The van der Waals surface area contributed by atoms with Gasteiger partial charge in [0.05, 0.1) is 7.11 Å². The highest BCUT2D eigenvalue weighted by molar-refractivity contribution is 14.1. The first-order chi connectivity index (χ1) is 5.88. The molecular weight excluding hydrogens is 279 g/mol. The van der Waals surface area contributed by atoms with Gasteiger partial charge in [0.2, 0.25) is 0 Å². The van der Waals surface area contributed by atoms with Gasteiger partial charge in [-0.3, -0.25) is 4.68 Å². The van der Waals surface area contributed by atoms with E-state index in [2.05, 4.69) is 48.5 Å². The van der Waals surface area contributed by atoms with Crippen molar-refractivity contribution in [2.75, 3.05) is 7.11 Å². The molecule has 0 spiro atoms. The van der Waals surface area contributed by atoms with Crippen molar-refractivity contribution in [2.24, 2.45) is 7.05 Å². The summed E-state index contributed by atoms with van der Waals surface area (Å²) in [6, 6.07) is 0. The molecular formula is C9H15IN2O. The molecule has 0 atom stereocenters. The predicted octanol–water partition coefficient (Wildman–Crippen LogP) is 2.33. The quantitative estimate of drug-likeness (QED) is 0.743. The topological polar surface area (TPSA) is 27.1 Å². The molecule has 3 nitrogen and oxygen atoms in total. The van der Waals surface area contributed by atoms with Crippen LogP contribution in [-0.2, 0) is 12.5 Å². The van der Waals surface area contributed by atoms with Crippen molar-refractivity contribution in [1.82, 2.24) is 9.78 Å². The third-order valence-electron chi connectivity index (χ3n) is 1.85. The number of methoxy groups -OCH3 is 1. The summed E-state index contributed by atoms with van der Waals surface area (Å²) in [6.45, 7) is 6.40. The number of hydrogen-bond donors (Lipinski definition) is 0. The third kappa shape index (κ3) is 1.98. The molecule has 0 aliphatic rings. The van der Waals surface area contributed by atoms with Gasteiger partial charge in [0, 0.05) is 12.5 Å². The van der Waals surface area contributed by atoms with E-state index in [1.165, 1.54) is 0 Å². The van der Waals surface area contributed by atoms with Gasteiger partial charge in [-0.15, -0.1) is 0 Å². The highest BCUT2D eigenvalue weighted by Gasteiger charge is 2.25. The maximum Gasteiger partial charge on any atom is 0.174 e. The Hall–Kier alpha value is -0.260. The maximum absolute atomic E-state index is 5.33. The van der Waals surface area contributed by atoms with Crippen LogP contribution < -0.4 is 4.74 Å². The van der Waals surface area contributed by atoms with Crippen molar-refractivity contribution >= 4 is 22.6 Å². The van der Waals surface area contributed by atoms with Crippen molar-refractivity contribution in [3.63, 3.8) is 0 Å². The van der Waals surface area contributed by atoms with Crippen LogP contribution in [0, 0.1) is 3.70 Å². The molecule has 0 saturated carbocycles. The van der Waals surface area contributed by atoms with Gasteiger partial charge in [-0.1, -0.05) is 20.8 Å². The van der Waals surface area contributed by atoms with Crippen LogP contribution in [0.3, 0.4) is 0 Å². The van der Waals surface area contributed by atoms with E-state index in [0.29, 0.717) is 0 Å². The number of aromatic nitrogens is 2. The highest BCUT2D eigenvalue weighted by atomic mass is 127. The molecule has 0 radical (unpaired) electrons. The molecule has 0 fully saturated rings. The molecule has 0 aromatic carbocycles. The molecule has 74 valence electrons. The molecule has 13 heavy (non-hydrogen) atoms. The van der Waals surface area contributed by atoms with Gasteiger partial charge < -0.3 is 4.74 Å². The number of nitrogens with zero attached hydrogens (tertiary/aromatic N) is 2. The molecule has 0 aliphatic carbocycles. The summed E-state index contributed by atoms with van der Waals surface area (Å²) in [6.07, 6.45) is 0. The largest absolute Gasteiger partial charge is 0.492 e. The molecule has 0 unspecified atom stereocenters. The molecule has 0 aliphatic heterocycles. The first kappa shape index (κ1) is 10.8. The molecule has 1 aromatic rings. The van der Waals surface area contributed by atoms with Crippen LogP contribution in [0.25, 0.3) is 0 Å². The lowest BCUT2D eigenvalue weighted by atomic mass is 9.92. The van der Waals surface area contributed by atoms with Crippen LogP contribution in [0.4, 0.5) is 0 Å². The van der Waals surface area contributed by atoms with E-state index in [1.54, 1.807) is 7.11 Å². The second-order valence-electron chi connectivity index (χ2n) is 4.05. The van der Waals surface area contributed by atoms with Crippen LogP contribution >= 0.6 is 22.6 Å². The fourth-order valence-electron chi connectivity index (χ4n) is 1.16. The van der Waals surface area contributed by atoms with Crippen LogP contribution in [0.5, 0.6) is 5.75 Å². The van der Waals surface area contributed by atoms with Crippen molar-refractivity contribution in [1.29, 1.82) is 0 Å². The van der Waals surface area contributed by atoms with Gasteiger partial charge in [-0.25, -0.2) is 0 Å². The summed E-state index contributed by atoms with van der Waals surface area (Å²) in [5.74, 6) is 0.899. The number of ether oxygens (including phenoxy) is 1. The summed E-state index contributed by atoms with van der Waals surface area (Å²) in [4.78, 5) is 0. The van der Waals surface area contributed by atoms with Crippen LogP contribution in [0.1, 0.15) is 26.5 Å². The van der Waals surface area contributed by atoms with E-state index in [4.69, 9.17) is 4.74 Å². The number of hydrogen-bond acceptors (Lipinski definition) is 2. The third-order valence-corrected chi connectivity index (χ3v) is 3.04. The van der Waals surface area contributed by atoms with Gasteiger partial charge in [0.1, 0.15) is 9.39 Å². The van der Waals surface area contributed by atoms with Crippen molar-refractivity contribution < 1.29 is 4.74 Å². The molecule has 4 heteroatoms. The monoisotopic (exact) mass is 294 g/mol. The SMILES string of the molecule is COc1c(C(C)(C)C)nn(C)c1I. The average Bonchev–Trinajstić information content (AvgIpc) is 2.28. The van der Waals surface area contributed by atoms with Gasteiger partial charge in [-0.2, -0.15) is 5.10 Å². The Morgan fingerprint density at radius 2 is 1.92 bits per heavy atom. The first-order valence-electron chi connectivity index (χ1n) is 4.15. The summed E-state index contributed by atoms with van der Waals surface area (Å²) < 4.78 is 8.23. The van der Waals surface area contributed by atoms with E-state index < -0.39 is 0 Å². The molecule has 0 N–H and O–H groups in total. The Balaban J connectivity index is 3.30. The molecule has 0 amide bonds. The normalized spacial score (nSPS) is 11.8. The molecule has 1 heterocycles. The number of halogens is 1. The van der Waals surface area contributed by atoms with Crippen molar-refractivity contribution in [3.05, 3.63) is 9.39 Å². The summed E-state index contributed by atoms with van der Waals surface area (Å²) in [5.41, 5.74) is 1.05. The Morgan fingerprint density at radius 1 is 1.38 bits per heavy atom. The van der Waals surface area contributed by atoms with Crippen LogP contribution in [0.15, 0.2) is 0 Å². The summed E-state index contributed by atoms with van der Waals surface area (Å²) in [7, 11) is 3.62. The fraction of sp³-hybridized carbons (Fsp3) is 0.667. The molecule has 0 saturated heterocycles. The van der Waals surface area contributed by atoms with E-state index >= 15 is 0 Å². The smallest absolute Gasteiger partial charge is 0.174 e. The maximum atomic E-state index is 5.33. The van der Waals surface area contributed by atoms with Crippen molar-refractivity contribution in [2.45, 2.75) is 26.2 Å². The zero-order valence-electron chi connectivity index (χ0n) is 8.68. The van der Waals surface area contributed by atoms with E-state index in [-0.39, 0.29) is 5.41 Å². The van der Waals surface area contributed by atoms with Gasteiger partial charge in [-0.05, 0) is 22.6 Å². The van der Waals surface area contributed by atoms with E-state index in [0.717, 1.165) is 15.1 Å². The minimum absolute atomic E-state index is 0.0343. The standard InChI is InChI=1S/C9H15IN2O/c1-9(2,3)7-6(13-5)8(10)12(4)11-7/h1-5H3. The lowest BCUT2D eigenvalue weighted by Crippen LogP contribution is -2.13. The Bertz CT molecular complexity index is 312. The second kappa shape index (κ2) is 3.48. The van der Waals surface area contributed by atoms with E-state index in [1.807, 2.05) is 11.7 Å². The second-order valence-corrected chi connectivity index (χ2v) is 5.07. The number of aryl methyl sites for hydroxylation is 1. The molecule has 1 rings (SSSR count). The summed E-state index contributed by atoms with van der Waals surface area (Å²) in [5, 5.41) is 4.44. The van der Waals surface area contributed by atoms with Gasteiger partial charge >= 0.3 is 0 Å². The Labute approximate surface area is 92.6 Å². The zero-order valence-corrected chi connectivity index (χ0v) is 10.8. The lowest BCUT2D eigenvalue weighted by molar-refractivity contribution is 0.394. The van der Waals surface area contributed by atoms with Crippen molar-refractivity contribution in [3.8, 4) is 5.75 Å². The minimum Gasteiger partial charge on any atom is -0.492 e. The highest BCUT2D eigenvalue weighted by Crippen LogP contribution is 2.33.